The van der Waals surface area contributed by atoms with E-state index >= 15 is 0 Å². The van der Waals surface area contributed by atoms with Crippen molar-refractivity contribution >= 4 is 61.7 Å². The van der Waals surface area contributed by atoms with Gasteiger partial charge in [-0.1, -0.05) is 71.5 Å². The molecule has 8 nitrogen and oxygen atoms in total. The molecule has 6 rings (SSSR count). The van der Waals surface area contributed by atoms with Gasteiger partial charge in [-0.2, -0.15) is 0 Å². The Morgan fingerprint density at radius 3 is 2.61 bits per heavy atom. The molecular formula is C38H34BrClN2O6S. The number of hydrogen-bond donors (Lipinski definition) is 0. The van der Waals surface area contributed by atoms with Crippen molar-refractivity contribution in [2.24, 2.45) is 4.99 Å². The van der Waals surface area contributed by atoms with E-state index in [1.807, 2.05) is 44.2 Å². The van der Waals surface area contributed by atoms with E-state index in [1.165, 1.54) is 15.9 Å². The maximum Gasteiger partial charge on any atom is 0.338 e. The second-order valence-corrected chi connectivity index (χ2v) is 13.9. The molecule has 1 aliphatic rings. The zero-order valence-electron chi connectivity index (χ0n) is 27.6. The van der Waals surface area contributed by atoms with Gasteiger partial charge in [0.05, 0.1) is 46.1 Å². The van der Waals surface area contributed by atoms with Crippen LogP contribution in [0.3, 0.4) is 0 Å². The topological polar surface area (TPSA) is 88.4 Å². The lowest BCUT2D eigenvalue weighted by molar-refractivity contribution is -0.139. The lowest BCUT2D eigenvalue weighted by Gasteiger charge is -2.25. The molecule has 5 aromatic rings. The van der Waals surface area contributed by atoms with Crippen molar-refractivity contribution in [3.63, 3.8) is 0 Å². The number of ether oxygens (including phenoxy) is 4. The van der Waals surface area contributed by atoms with Gasteiger partial charge in [0.25, 0.3) is 5.56 Å². The maximum absolute atomic E-state index is 14.4. The Bertz CT molecular complexity index is 2290. The number of carbonyl (C=O) groups is 1. The van der Waals surface area contributed by atoms with Crippen LogP contribution in [0.2, 0.25) is 5.02 Å². The highest BCUT2D eigenvalue weighted by Gasteiger charge is 2.34. The van der Waals surface area contributed by atoms with Crippen LogP contribution in [0.1, 0.15) is 50.4 Å². The molecule has 0 aliphatic carbocycles. The molecule has 4 aromatic carbocycles. The molecule has 49 heavy (non-hydrogen) atoms. The molecule has 1 aliphatic heterocycles. The Hall–Kier alpha value is -4.38. The summed E-state index contributed by atoms with van der Waals surface area (Å²) in [5, 5.41) is 2.68. The summed E-state index contributed by atoms with van der Waals surface area (Å²) in [4.78, 5) is 32.9. The molecule has 0 bridgehead atoms. The number of benzene rings is 4. The van der Waals surface area contributed by atoms with E-state index in [0.717, 1.165) is 16.3 Å². The third kappa shape index (κ3) is 7.04. The van der Waals surface area contributed by atoms with Crippen LogP contribution >= 0.6 is 38.9 Å². The fourth-order valence-corrected chi connectivity index (χ4v) is 7.85. The molecule has 0 spiro atoms. The SMILES string of the molecule is CCOC(=O)C1=C(C)N=c2s/c(=C/c3cc(Cl)cc(Br)c3OCc3cccc4ccccc34)c(=O)n2[C@@H]1c1ccc(OC(C)C)c(OC)c1. The van der Waals surface area contributed by atoms with Gasteiger partial charge in [-0.15, -0.1) is 0 Å². The van der Waals surface area contributed by atoms with E-state index in [2.05, 4.69) is 34.1 Å². The standard InChI is InChI=1S/C38H34BrClN2O6S/c1-6-46-37(44)33-22(4)41-38-42(34(33)24-14-15-30(48-21(2)3)31(17-24)45-5)36(43)32(49-38)18-26-16-27(40)19-29(39)35(26)47-20-25-12-9-11-23-10-7-8-13-28(23)25/h7-19,21,34H,6,20H2,1-5H3/b32-18+/t34-/m1/s1. The van der Waals surface area contributed by atoms with E-state index in [-0.39, 0.29) is 23.8 Å². The first kappa shape index (κ1) is 34.5. The number of halogens is 2. The Kier molecular flexibility index (Phi) is 10.3. The van der Waals surface area contributed by atoms with Gasteiger partial charge in [0.1, 0.15) is 12.4 Å². The highest BCUT2D eigenvalue weighted by atomic mass is 79.9. The number of carbonyl (C=O) groups excluding carboxylic acids is 1. The number of nitrogens with zero attached hydrogens (tertiary/aromatic N) is 2. The number of rotatable bonds is 10. The summed E-state index contributed by atoms with van der Waals surface area (Å²) in [5.74, 6) is 1.01. The molecule has 2 heterocycles. The summed E-state index contributed by atoms with van der Waals surface area (Å²) in [6.07, 6.45) is 1.67. The van der Waals surface area contributed by atoms with E-state index < -0.39 is 12.0 Å². The van der Waals surface area contributed by atoms with Gasteiger partial charge in [0, 0.05) is 10.6 Å². The fraction of sp³-hybridized carbons (Fsp3) is 0.237. The average Bonchev–Trinajstić information content (AvgIpc) is 3.37. The molecule has 0 fully saturated rings. The number of esters is 1. The number of fused-ring (bicyclic) bond motifs is 2. The fourth-order valence-electron chi connectivity index (χ4n) is 5.86. The molecule has 0 saturated carbocycles. The van der Waals surface area contributed by atoms with Gasteiger partial charge in [0.15, 0.2) is 16.3 Å². The van der Waals surface area contributed by atoms with Crippen molar-refractivity contribution in [2.75, 3.05) is 13.7 Å². The molecule has 0 saturated heterocycles. The number of thiazole rings is 1. The van der Waals surface area contributed by atoms with E-state index in [9.17, 15) is 9.59 Å². The number of allylic oxidation sites excluding steroid dienone is 1. The Labute approximate surface area is 301 Å². The van der Waals surface area contributed by atoms with Crippen molar-refractivity contribution in [3.8, 4) is 17.2 Å². The summed E-state index contributed by atoms with van der Waals surface area (Å²) >= 11 is 11.4. The van der Waals surface area contributed by atoms with Crippen LogP contribution in [0.25, 0.3) is 16.8 Å². The third-order valence-electron chi connectivity index (χ3n) is 7.96. The molecule has 11 heteroatoms. The average molecular weight is 762 g/mol. The normalized spacial score (nSPS) is 14.5. The maximum atomic E-state index is 14.4. The molecule has 252 valence electrons. The first-order valence-electron chi connectivity index (χ1n) is 15.7. The van der Waals surface area contributed by atoms with Gasteiger partial charge in [0.2, 0.25) is 0 Å². The number of aromatic nitrogens is 1. The van der Waals surface area contributed by atoms with Crippen molar-refractivity contribution in [1.82, 2.24) is 4.57 Å². The lowest BCUT2D eigenvalue weighted by Crippen LogP contribution is -2.40. The largest absolute Gasteiger partial charge is 0.493 e. The zero-order chi connectivity index (χ0) is 34.8. The predicted molar refractivity (Wildman–Crippen MR) is 197 cm³/mol. The minimum Gasteiger partial charge on any atom is -0.493 e. The van der Waals surface area contributed by atoms with Crippen LogP contribution in [-0.4, -0.2) is 30.4 Å². The van der Waals surface area contributed by atoms with Gasteiger partial charge in [-0.25, -0.2) is 9.79 Å². The summed E-state index contributed by atoms with van der Waals surface area (Å²) in [6, 6.07) is 22.3. The minimum atomic E-state index is -0.826. The Balaban J connectivity index is 1.48. The van der Waals surface area contributed by atoms with E-state index in [4.69, 9.17) is 35.5 Å². The molecule has 1 atom stereocenters. The third-order valence-corrected chi connectivity index (χ3v) is 9.75. The Morgan fingerprint density at radius 2 is 1.86 bits per heavy atom. The quantitative estimate of drug-likeness (QED) is 0.135. The van der Waals surface area contributed by atoms with Gasteiger partial charge < -0.3 is 18.9 Å². The zero-order valence-corrected chi connectivity index (χ0v) is 30.7. The second-order valence-electron chi connectivity index (χ2n) is 11.6. The van der Waals surface area contributed by atoms with E-state index in [0.29, 0.717) is 59.5 Å². The van der Waals surface area contributed by atoms with Crippen LogP contribution in [0.4, 0.5) is 0 Å². The summed E-state index contributed by atoms with van der Waals surface area (Å²) in [6.45, 7) is 7.80. The molecule has 0 unspecified atom stereocenters. The highest BCUT2D eigenvalue weighted by molar-refractivity contribution is 9.10. The molecule has 0 N–H and O–H groups in total. The summed E-state index contributed by atoms with van der Waals surface area (Å²) in [7, 11) is 1.55. The predicted octanol–water partition coefficient (Wildman–Crippen LogP) is 7.74. The van der Waals surface area contributed by atoms with E-state index in [1.54, 1.807) is 51.3 Å². The van der Waals surface area contributed by atoms with Crippen LogP contribution in [0.15, 0.2) is 98.3 Å². The van der Waals surface area contributed by atoms with Gasteiger partial charge >= 0.3 is 5.97 Å². The summed E-state index contributed by atoms with van der Waals surface area (Å²) in [5.41, 5.74) is 2.67. The van der Waals surface area contributed by atoms with Crippen LogP contribution < -0.4 is 29.1 Å². The molecule has 1 aromatic heterocycles. The smallest absolute Gasteiger partial charge is 0.338 e. The monoisotopic (exact) mass is 760 g/mol. The van der Waals surface area contributed by atoms with Gasteiger partial charge in [-0.3, -0.25) is 9.36 Å². The first-order chi connectivity index (χ1) is 23.6. The first-order valence-corrected chi connectivity index (χ1v) is 17.7. The summed E-state index contributed by atoms with van der Waals surface area (Å²) < 4.78 is 26.0. The number of hydrogen-bond acceptors (Lipinski definition) is 8. The molecule has 0 amide bonds. The van der Waals surface area contributed by atoms with Gasteiger partial charge in [-0.05, 0) is 95.9 Å². The van der Waals surface area contributed by atoms with Crippen molar-refractivity contribution in [3.05, 3.63) is 130 Å². The minimum absolute atomic E-state index is 0.0814. The van der Waals surface area contributed by atoms with Crippen molar-refractivity contribution in [1.29, 1.82) is 0 Å². The lowest BCUT2D eigenvalue weighted by atomic mass is 9.95. The van der Waals surface area contributed by atoms with Crippen LogP contribution in [0.5, 0.6) is 17.2 Å². The van der Waals surface area contributed by atoms with Crippen molar-refractivity contribution < 1.29 is 23.7 Å². The highest BCUT2D eigenvalue weighted by Crippen LogP contribution is 2.37. The van der Waals surface area contributed by atoms with Crippen LogP contribution in [0, 0.1) is 0 Å². The van der Waals surface area contributed by atoms with Crippen molar-refractivity contribution in [2.45, 2.75) is 46.4 Å². The van der Waals surface area contributed by atoms with Crippen LogP contribution in [-0.2, 0) is 16.1 Å². The second kappa shape index (κ2) is 14.6. The Morgan fingerprint density at radius 1 is 1.08 bits per heavy atom. The number of methoxy groups -OCH3 is 1. The molecular weight excluding hydrogens is 728 g/mol. The molecule has 0 radical (unpaired) electrons.